The average molecular weight is 483 g/mol. The van der Waals surface area contributed by atoms with Crippen molar-refractivity contribution in [2.24, 2.45) is 5.92 Å². The molecule has 1 saturated heterocycles. The minimum Gasteiger partial charge on any atom is -0.454 e. The number of rotatable bonds is 7. The van der Waals surface area contributed by atoms with Crippen LogP contribution in [0.4, 0.5) is 16.2 Å². The lowest BCUT2D eigenvalue weighted by molar-refractivity contribution is 0.174. The third kappa shape index (κ3) is 5.96. The molecule has 0 unspecified atom stereocenters. The lowest BCUT2D eigenvalue weighted by Crippen LogP contribution is -2.35. The molecule has 0 saturated carbocycles. The molecule has 5 rings (SSSR count). The molecule has 36 heavy (non-hydrogen) atoms. The molecular formula is C29H30N4O3. The van der Waals surface area contributed by atoms with Crippen molar-refractivity contribution in [2.45, 2.75) is 25.7 Å². The zero-order valence-corrected chi connectivity index (χ0v) is 20.2. The number of nitrogens with zero attached hydrogens (tertiary/aromatic N) is 2. The molecule has 7 heteroatoms. The van der Waals surface area contributed by atoms with Crippen LogP contribution in [0.5, 0.6) is 11.5 Å². The number of hydrogen-bond acceptors (Lipinski definition) is 5. The second kappa shape index (κ2) is 11.1. The summed E-state index contributed by atoms with van der Waals surface area (Å²) in [5, 5.41) is 14.9. The molecule has 2 amide bonds. The van der Waals surface area contributed by atoms with Crippen LogP contribution in [-0.4, -0.2) is 37.4 Å². The van der Waals surface area contributed by atoms with Crippen LogP contribution < -0.4 is 20.1 Å². The molecule has 2 aliphatic heterocycles. The highest BCUT2D eigenvalue weighted by Gasteiger charge is 2.22. The van der Waals surface area contributed by atoms with E-state index < -0.39 is 0 Å². The number of nitrogens with one attached hydrogen (secondary N) is 2. The van der Waals surface area contributed by atoms with Gasteiger partial charge in [-0.2, -0.15) is 5.26 Å². The molecule has 3 aromatic carbocycles. The Bertz CT molecular complexity index is 1250. The monoisotopic (exact) mass is 482 g/mol. The van der Waals surface area contributed by atoms with Gasteiger partial charge in [0, 0.05) is 24.0 Å². The van der Waals surface area contributed by atoms with E-state index in [4.69, 9.17) is 14.7 Å². The van der Waals surface area contributed by atoms with Crippen LogP contribution in [0.25, 0.3) is 0 Å². The maximum Gasteiger partial charge on any atom is 0.323 e. The Morgan fingerprint density at radius 3 is 2.53 bits per heavy atom. The second-order valence-electron chi connectivity index (χ2n) is 9.36. The van der Waals surface area contributed by atoms with E-state index in [1.807, 2.05) is 12.1 Å². The minimum absolute atomic E-state index is 0.181. The van der Waals surface area contributed by atoms with Crippen LogP contribution >= 0.6 is 0 Å². The lowest BCUT2D eigenvalue weighted by atomic mass is 9.90. The summed E-state index contributed by atoms with van der Waals surface area (Å²) < 4.78 is 11.1. The highest BCUT2D eigenvalue weighted by atomic mass is 16.7. The fourth-order valence-electron chi connectivity index (χ4n) is 4.90. The van der Waals surface area contributed by atoms with Crippen LogP contribution in [0.2, 0.25) is 0 Å². The topological polar surface area (TPSA) is 86.6 Å². The van der Waals surface area contributed by atoms with Crippen molar-refractivity contribution in [3.63, 3.8) is 0 Å². The van der Waals surface area contributed by atoms with Gasteiger partial charge in [-0.3, -0.25) is 0 Å². The smallest absolute Gasteiger partial charge is 0.323 e. The van der Waals surface area contributed by atoms with E-state index in [0.717, 1.165) is 44.0 Å². The van der Waals surface area contributed by atoms with Crippen molar-refractivity contribution >= 4 is 17.4 Å². The molecule has 0 aromatic heterocycles. The number of piperidine rings is 1. The number of hydrogen-bond donors (Lipinski definition) is 2. The maximum atomic E-state index is 12.7. The Labute approximate surface area is 211 Å². The predicted molar refractivity (Wildman–Crippen MR) is 139 cm³/mol. The Morgan fingerprint density at radius 2 is 1.75 bits per heavy atom. The van der Waals surface area contributed by atoms with Gasteiger partial charge in [0.1, 0.15) is 0 Å². The normalized spacial score (nSPS) is 15.3. The number of ether oxygens (including phenoxy) is 2. The standard InChI is InChI=1S/C29H30N4O3/c30-19-23-7-4-8-25(16-23)31-29(34)32-26-18-28-27(35-20-36-28)17-24(26)11-14-33-12-9-22(10-13-33)15-21-5-2-1-3-6-21/h1-8,16-18,22H,9-15,20H2,(H2,31,32,34). The molecule has 2 heterocycles. The van der Waals surface area contributed by atoms with Crippen molar-refractivity contribution in [1.29, 1.82) is 5.26 Å². The second-order valence-corrected chi connectivity index (χ2v) is 9.36. The van der Waals surface area contributed by atoms with Gasteiger partial charge < -0.3 is 25.0 Å². The van der Waals surface area contributed by atoms with E-state index in [0.29, 0.717) is 28.4 Å². The van der Waals surface area contributed by atoms with E-state index in [2.05, 4.69) is 51.9 Å². The summed E-state index contributed by atoms with van der Waals surface area (Å²) in [6, 6.07) is 23.1. The number of carbonyl (C=O) groups excluding carboxylic acids is 1. The molecule has 0 aliphatic carbocycles. The third-order valence-corrected chi connectivity index (χ3v) is 6.87. The van der Waals surface area contributed by atoms with E-state index in [9.17, 15) is 4.79 Å². The number of carbonyl (C=O) groups is 1. The van der Waals surface area contributed by atoms with Crippen LogP contribution in [0.3, 0.4) is 0 Å². The molecule has 3 aromatic rings. The SMILES string of the molecule is N#Cc1cccc(NC(=O)Nc2cc3c(cc2CCN2CCC(Cc4ccccc4)CC2)OCO3)c1. The summed E-state index contributed by atoms with van der Waals surface area (Å²) in [6.07, 6.45) is 4.34. The van der Waals surface area contributed by atoms with Gasteiger partial charge in [0.05, 0.1) is 11.6 Å². The predicted octanol–water partition coefficient (Wildman–Crippen LogP) is 5.43. The molecule has 184 valence electrons. The number of urea groups is 1. The molecule has 0 spiro atoms. The fourth-order valence-corrected chi connectivity index (χ4v) is 4.90. The van der Waals surface area contributed by atoms with Gasteiger partial charge in [0.2, 0.25) is 6.79 Å². The zero-order valence-electron chi connectivity index (χ0n) is 20.2. The average Bonchev–Trinajstić information content (AvgIpc) is 3.36. The number of benzene rings is 3. The summed E-state index contributed by atoms with van der Waals surface area (Å²) >= 11 is 0. The first-order valence-electron chi connectivity index (χ1n) is 12.4. The van der Waals surface area contributed by atoms with E-state index in [-0.39, 0.29) is 12.8 Å². The third-order valence-electron chi connectivity index (χ3n) is 6.87. The molecule has 7 nitrogen and oxygen atoms in total. The Hall–Kier alpha value is -4.02. The van der Waals surface area contributed by atoms with Crippen LogP contribution in [0.15, 0.2) is 66.7 Å². The fraction of sp³-hybridized carbons (Fsp3) is 0.310. The minimum atomic E-state index is -0.369. The lowest BCUT2D eigenvalue weighted by Gasteiger charge is -2.32. The first-order chi connectivity index (χ1) is 17.7. The van der Waals surface area contributed by atoms with Gasteiger partial charge in [-0.05, 0) is 80.1 Å². The summed E-state index contributed by atoms with van der Waals surface area (Å²) in [4.78, 5) is 15.2. The van der Waals surface area contributed by atoms with E-state index >= 15 is 0 Å². The van der Waals surface area contributed by atoms with Crippen molar-refractivity contribution in [2.75, 3.05) is 37.1 Å². The molecule has 0 bridgehead atoms. The van der Waals surface area contributed by atoms with Crippen molar-refractivity contribution in [1.82, 2.24) is 4.90 Å². The molecule has 0 radical (unpaired) electrons. The number of nitriles is 1. The summed E-state index contributed by atoms with van der Waals surface area (Å²) in [5.74, 6) is 2.07. The van der Waals surface area contributed by atoms with Gasteiger partial charge in [-0.25, -0.2) is 4.79 Å². The quantitative estimate of drug-likeness (QED) is 0.469. The van der Waals surface area contributed by atoms with E-state index in [1.54, 1.807) is 24.3 Å². The Morgan fingerprint density at radius 1 is 0.972 bits per heavy atom. The van der Waals surface area contributed by atoms with Gasteiger partial charge in [-0.15, -0.1) is 0 Å². The molecule has 1 fully saturated rings. The van der Waals surface area contributed by atoms with E-state index in [1.165, 1.54) is 18.4 Å². The molecular weight excluding hydrogens is 452 g/mol. The van der Waals surface area contributed by atoms with Crippen LogP contribution in [0, 0.1) is 17.2 Å². The van der Waals surface area contributed by atoms with Gasteiger partial charge >= 0.3 is 6.03 Å². The molecule has 0 atom stereocenters. The number of anilines is 2. The van der Waals surface area contributed by atoms with Gasteiger partial charge in [0.25, 0.3) is 0 Å². The van der Waals surface area contributed by atoms with Crippen LogP contribution in [0.1, 0.15) is 29.5 Å². The molecule has 2 N–H and O–H groups in total. The Kier molecular flexibility index (Phi) is 7.34. The Balaban J connectivity index is 1.19. The number of fused-ring (bicyclic) bond motifs is 1. The van der Waals surface area contributed by atoms with Crippen molar-refractivity contribution in [3.05, 3.63) is 83.4 Å². The first-order valence-corrected chi connectivity index (χ1v) is 12.4. The largest absolute Gasteiger partial charge is 0.454 e. The van der Waals surface area contributed by atoms with Crippen molar-refractivity contribution < 1.29 is 14.3 Å². The van der Waals surface area contributed by atoms with Gasteiger partial charge in [-0.1, -0.05) is 36.4 Å². The molecule has 2 aliphatic rings. The number of likely N-dealkylation sites (tertiary alicyclic amines) is 1. The zero-order chi connectivity index (χ0) is 24.7. The summed E-state index contributed by atoms with van der Waals surface area (Å²) in [6.45, 7) is 3.26. The van der Waals surface area contributed by atoms with Crippen LogP contribution in [-0.2, 0) is 12.8 Å². The van der Waals surface area contributed by atoms with Crippen molar-refractivity contribution in [3.8, 4) is 17.6 Å². The summed E-state index contributed by atoms with van der Waals surface area (Å²) in [7, 11) is 0. The summed E-state index contributed by atoms with van der Waals surface area (Å²) in [5.41, 5.74) is 4.18. The first kappa shape index (κ1) is 23.7. The highest BCUT2D eigenvalue weighted by molar-refractivity contribution is 6.00. The highest BCUT2D eigenvalue weighted by Crippen LogP contribution is 2.37. The maximum absolute atomic E-state index is 12.7. The van der Waals surface area contributed by atoms with Gasteiger partial charge in [0.15, 0.2) is 11.5 Å². The number of amides is 2.